The second-order valence-electron chi connectivity index (χ2n) is 4.72. The molecule has 0 amide bonds. The summed E-state index contributed by atoms with van der Waals surface area (Å²) in [7, 11) is 0. The Kier molecular flexibility index (Phi) is 26.6. The second kappa shape index (κ2) is 23.0. The van der Waals surface area contributed by atoms with Crippen molar-refractivity contribution in [2.75, 3.05) is 26.2 Å². The van der Waals surface area contributed by atoms with Crippen molar-refractivity contribution in [2.45, 2.75) is 24.9 Å². The molecule has 17 N–H and O–H groups in total. The van der Waals surface area contributed by atoms with E-state index in [1.54, 1.807) is 0 Å². The molecule has 0 saturated carbocycles. The lowest BCUT2D eigenvalue weighted by molar-refractivity contribution is -0.140. The van der Waals surface area contributed by atoms with Gasteiger partial charge in [-0.3, -0.25) is 24.2 Å². The summed E-state index contributed by atoms with van der Waals surface area (Å²) < 4.78 is 0. The monoisotopic (exact) mass is 429 g/mol. The van der Waals surface area contributed by atoms with Gasteiger partial charge in [0, 0.05) is 6.54 Å². The molecule has 2 atom stereocenters. The highest BCUT2D eigenvalue weighted by molar-refractivity contribution is 5.75. The molecular formula is C13H31N7O9. The van der Waals surface area contributed by atoms with E-state index in [0.717, 1.165) is 0 Å². The Morgan fingerprint density at radius 3 is 1.31 bits per heavy atom. The van der Waals surface area contributed by atoms with E-state index in [2.05, 4.69) is 16.5 Å². The maximum absolute atomic E-state index is 10.2. The molecule has 0 bridgehead atoms. The number of nitrogens with zero attached hydrogens (tertiary/aromatic N) is 1. The first-order valence-electron chi connectivity index (χ1n) is 7.73. The molecule has 0 rings (SSSR count). The first-order chi connectivity index (χ1) is 13.3. The van der Waals surface area contributed by atoms with Crippen molar-refractivity contribution in [3.63, 3.8) is 0 Å². The van der Waals surface area contributed by atoms with E-state index in [4.69, 9.17) is 48.5 Å². The van der Waals surface area contributed by atoms with Crippen molar-refractivity contribution in [2.24, 2.45) is 39.4 Å². The fourth-order valence-electron chi connectivity index (χ4n) is 0.721. The zero-order valence-electron chi connectivity index (χ0n) is 15.7. The van der Waals surface area contributed by atoms with Gasteiger partial charge in [-0.1, -0.05) is 0 Å². The molecule has 16 nitrogen and oxygen atoms in total. The van der Waals surface area contributed by atoms with Gasteiger partial charge >= 0.3 is 23.9 Å². The number of aliphatic hydroxyl groups is 1. The van der Waals surface area contributed by atoms with Gasteiger partial charge in [-0.2, -0.15) is 0 Å². The lowest BCUT2D eigenvalue weighted by Gasteiger charge is -2.03. The van der Waals surface area contributed by atoms with Crippen LogP contribution in [-0.2, 0) is 19.2 Å². The number of rotatable bonds is 9. The zero-order chi connectivity index (χ0) is 24.0. The van der Waals surface area contributed by atoms with E-state index < -0.39 is 42.6 Å². The van der Waals surface area contributed by atoms with Crippen LogP contribution in [0, 0.1) is 0 Å². The summed E-state index contributed by atoms with van der Waals surface area (Å²) in [5, 5.41) is 39.5. The summed E-state index contributed by atoms with van der Waals surface area (Å²) in [6, 6.07) is -1.95. The van der Waals surface area contributed by atoms with Crippen LogP contribution in [0.1, 0.15) is 12.8 Å². The van der Waals surface area contributed by atoms with Gasteiger partial charge in [-0.25, -0.2) is 0 Å². The average molecular weight is 429 g/mol. The minimum absolute atomic E-state index is 0.0129. The van der Waals surface area contributed by atoms with Crippen molar-refractivity contribution < 1.29 is 44.7 Å². The van der Waals surface area contributed by atoms with Gasteiger partial charge in [-0.15, -0.1) is 0 Å². The van der Waals surface area contributed by atoms with E-state index in [1.807, 2.05) is 0 Å². The minimum atomic E-state index is -1.18. The predicted octanol–water partition coefficient (Wildman–Crippen LogP) is -5.10. The highest BCUT2D eigenvalue weighted by atomic mass is 16.4. The van der Waals surface area contributed by atoms with Gasteiger partial charge in [-0.05, 0) is 12.8 Å². The summed E-state index contributed by atoms with van der Waals surface area (Å²) in [5.41, 5.74) is 29.2. The first kappa shape index (κ1) is 33.5. The van der Waals surface area contributed by atoms with E-state index >= 15 is 0 Å². The zero-order valence-corrected chi connectivity index (χ0v) is 15.7. The van der Waals surface area contributed by atoms with Crippen LogP contribution in [0.4, 0.5) is 0 Å². The van der Waals surface area contributed by atoms with Crippen LogP contribution in [0.3, 0.4) is 0 Å². The standard InChI is InChI=1S/C6H14N4O2.C3H7NO3.2C2H5NO2/c7-4(5(11)12)2-1-3-10-6(8)9;4-2(1-5)3(6)7;2*3-1-2(4)5/h4H,1-3,7H2,(H,11,12)(H4,8,9,10);2,5H,1,4H2,(H,6,7);2*1,3H2,(H,4,5). The molecule has 0 aromatic rings. The summed E-state index contributed by atoms with van der Waals surface area (Å²) in [5.74, 6) is -4.10. The lowest BCUT2D eigenvalue weighted by Crippen LogP contribution is -2.33. The van der Waals surface area contributed by atoms with Gasteiger partial charge in [0.05, 0.1) is 19.7 Å². The molecular weight excluding hydrogens is 398 g/mol. The van der Waals surface area contributed by atoms with Crippen LogP contribution in [0.2, 0.25) is 0 Å². The maximum Gasteiger partial charge on any atom is 0.322 e. The summed E-state index contributed by atoms with van der Waals surface area (Å²) in [4.78, 5) is 42.0. The normalized spacial score (nSPS) is 10.8. The Morgan fingerprint density at radius 2 is 1.14 bits per heavy atom. The van der Waals surface area contributed by atoms with Crippen molar-refractivity contribution in [3.8, 4) is 0 Å². The Morgan fingerprint density at radius 1 is 0.793 bits per heavy atom. The first-order valence-corrected chi connectivity index (χ1v) is 7.73. The topological polar surface area (TPSA) is 338 Å². The number of aliphatic carboxylic acids is 4. The van der Waals surface area contributed by atoms with Gasteiger partial charge in [0.25, 0.3) is 0 Å². The van der Waals surface area contributed by atoms with E-state index in [0.29, 0.717) is 19.4 Å². The largest absolute Gasteiger partial charge is 0.480 e. The SMILES string of the molecule is NC(CO)C(=O)O.NC(N)=NCCCC(N)C(=O)O.NCC(=O)O.NCC(=O)O. The Hall–Kier alpha value is -3.05. The van der Waals surface area contributed by atoms with Crippen molar-refractivity contribution in [3.05, 3.63) is 0 Å². The van der Waals surface area contributed by atoms with Crippen LogP contribution in [0.5, 0.6) is 0 Å². The van der Waals surface area contributed by atoms with Gasteiger partial charge in [0.15, 0.2) is 5.96 Å². The third-order valence-electron chi connectivity index (χ3n) is 2.15. The van der Waals surface area contributed by atoms with Crippen molar-refractivity contribution in [1.82, 2.24) is 0 Å². The molecule has 0 aliphatic heterocycles. The number of aliphatic imine (C=N–C) groups is 1. The van der Waals surface area contributed by atoms with E-state index in [-0.39, 0.29) is 19.0 Å². The molecule has 0 aromatic carbocycles. The maximum atomic E-state index is 10.2. The molecule has 0 aliphatic rings. The predicted molar refractivity (Wildman–Crippen MR) is 102 cm³/mol. The van der Waals surface area contributed by atoms with E-state index in [9.17, 15) is 19.2 Å². The van der Waals surface area contributed by atoms with Crippen LogP contribution in [-0.4, -0.2) is 93.7 Å². The Balaban J connectivity index is -0.000000157. The molecule has 172 valence electrons. The van der Waals surface area contributed by atoms with E-state index in [1.165, 1.54) is 0 Å². The van der Waals surface area contributed by atoms with Crippen molar-refractivity contribution in [1.29, 1.82) is 0 Å². The second-order valence-corrected chi connectivity index (χ2v) is 4.72. The third kappa shape index (κ3) is 40.8. The number of hydrogen-bond donors (Lipinski definition) is 11. The fraction of sp³-hybridized carbons (Fsp3) is 0.615. The van der Waals surface area contributed by atoms with Crippen LogP contribution in [0.25, 0.3) is 0 Å². The number of carboxylic acids is 4. The Labute approximate surface area is 166 Å². The number of hydrogen-bond acceptors (Lipinski definition) is 10. The molecule has 0 aliphatic carbocycles. The lowest BCUT2D eigenvalue weighted by atomic mass is 10.2. The highest BCUT2D eigenvalue weighted by Crippen LogP contribution is 1.94. The number of aliphatic hydroxyl groups excluding tert-OH is 1. The molecule has 2 unspecified atom stereocenters. The number of carbonyl (C=O) groups is 4. The van der Waals surface area contributed by atoms with Gasteiger partial charge < -0.3 is 59.9 Å². The van der Waals surface area contributed by atoms with Gasteiger partial charge in [0.1, 0.15) is 12.1 Å². The summed E-state index contributed by atoms with van der Waals surface area (Å²) in [6.45, 7) is -0.640. The molecule has 0 heterocycles. The summed E-state index contributed by atoms with van der Waals surface area (Å²) >= 11 is 0. The molecule has 0 spiro atoms. The smallest absolute Gasteiger partial charge is 0.322 e. The molecule has 29 heavy (non-hydrogen) atoms. The molecule has 0 aromatic heterocycles. The van der Waals surface area contributed by atoms with Crippen LogP contribution < -0.4 is 34.4 Å². The average Bonchev–Trinajstić information content (AvgIpc) is 2.65. The molecule has 0 fully saturated rings. The number of guanidine groups is 1. The number of nitrogens with two attached hydrogens (primary N) is 6. The third-order valence-corrected chi connectivity index (χ3v) is 2.15. The summed E-state index contributed by atoms with van der Waals surface area (Å²) in [6.07, 6.45) is 0.956. The molecule has 0 saturated heterocycles. The highest BCUT2D eigenvalue weighted by Gasteiger charge is 2.09. The Bertz CT molecular complexity index is 485. The minimum Gasteiger partial charge on any atom is -0.480 e. The quantitative estimate of drug-likeness (QED) is 0.0926. The number of carboxylic acid groups (broad SMARTS) is 4. The van der Waals surface area contributed by atoms with Crippen LogP contribution >= 0.6 is 0 Å². The van der Waals surface area contributed by atoms with Gasteiger partial charge in [0.2, 0.25) is 0 Å². The fourth-order valence-corrected chi connectivity index (χ4v) is 0.721. The van der Waals surface area contributed by atoms with Crippen molar-refractivity contribution >= 4 is 29.8 Å². The molecule has 16 heteroatoms. The molecule has 0 radical (unpaired) electrons. The van der Waals surface area contributed by atoms with Crippen LogP contribution in [0.15, 0.2) is 4.99 Å².